The predicted octanol–water partition coefficient (Wildman–Crippen LogP) is 3.74. The molecule has 21 heavy (non-hydrogen) atoms. The van der Waals surface area contributed by atoms with E-state index in [0.717, 1.165) is 25.1 Å². The van der Waals surface area contributed by atoms with Crippen molar-refractivity contribution in [3.05, 3.63) is 58.9 Å². The summed E-state index contributed by atoms with van der Waals surface area (Å²) in [5.41, 5.74) is 3.84. The summed E-state index contributed by atoms with van der Waals surface area (Å²) in [7, 11) is 0. The Morgan fingerprint density at radius 2 is 2.14 bits per heavy atom. The number of hydrogen-bond donors (Lipinski definition) is 2. The zero-order valence-electron chi connectivity index (χ0n) is 11.9. The Hall–Kier alpha value is -2.36. The maximum atomic E-state index is 13.3. The molecule has 1 heterocycles. The van der Waals surface area contributed by atoms with Gasteiger partial charge < -0.3 is 10.6 Å². The number of benzene rings is 2. The number of carbonyl (C=O) groups excluding carboxylic acids is 1. The van der Waals surface area contributed by atoms with Gasteiger partial charge in [-0.05, 0) is 55.2 Å². The summed E-state index contributed by atoms with van der Waals surface area (Å²) in [5, 5.41) is 6.13. The highest BCUT2D eigenvalue weighted by Crippen LogP contribution is 2.27. The first-order valence-electron chi connectivity index (χ1n) is 7.08. The number of para-hydroxylation sites is 1. The van der Waals surface area contributed by atoms with Crippen molar-refractivity contribution in [3.8, 4) is 0 Å². The van der Waals surface area contributed by atoms with Crippen LogP contribution in [0, 0.1) is 12.7 Å². The SMILES string of the molecule is Cc1cc(NC(=O)c2cccc3c2NCCC3)ccc1F. The number of anilines is 2. The van der Waals surface area contributed by atoms with Gasteiger partial charge in [0.25, 0.3) is 5.91 Å². The van der Waals surface area contributed by atoms with Crippen molar-refractivity contribution in [1.82, 2.24) is 0 Å². The molecule has 0 radical (unpaired) electrons. The topological polar surface area (TPSA) is 41.1 Å². The fraction of sp³-hybridized carbons (Fsp3) is 0.235. The van der Waals surface area contributed by atoms with Crippen LogP contribution in [0.5, 0.6) is 0 Å². The molecule has 0 saturated heterocycles. The number of aryl methyl sites for hydroxylation is 2. The molecule has 0 aromatic heterocycles. The number of fused-ring (bicyclic) bond motifs is 1. The standard InChI is InChI=1S/C17H17FN2O/c1-11-10-13(7-8-15(11)18)20-17(21)14-6-2-4-12-5-3-9-19-16(12)14/h2,4,6-8,10,19H,3,5,9H2,1H3,(H,20,21). The molecule has 2 N–H and O–H groups in total. The Labute approximate surface area is 123 Å². The summed E-state index contributed by atoms with van der Waals surface area (Å²) in [5.74, 6) is -0.445. The Morgan fingerprint density at radius 3 is 2.95 bits per heavy atom. The van der Waals surface area contributed by atoms with Crippen LogP contribution in [-0.2, 0) is 6.42 Å². The van der Waals surface area contributed by atoms with Crippen molar-refractivity contribution in [2.24, 2.45) is 0 Å². The maximum absolute atomic E-state index is 13.3. The van der Waals surface area contributed by atoms with E-state index in [-0.39, 0.29) is 11.7 Å². The van der Waals surface area contributed by atoms with E-state index >= 15 is 0 Å². The van der Waals surface area contributed by atoms with E-state index in [2.05, 4.69) is 10.6 Å². The van der Waals surface area contributed by atoms with E-state index in [0.29, 0.717) is 16.8 Å². The van der Waals surface area contributed by atoms with Crippen LogP contribution < -0.4 is 10.6 Å². The Bertz CT molecular complexity index is 697. The molecule has 0 spiro atoms. The second kappa shape index (κ2) is 5.56. The van der Waals surface area contributed by atoms with Crippen LogP contribution in [0.3, 0.4) is 0 Å². The smallest absolute Gasteiger partial charge is 0.257 e. The summed E-state index contributed by atoms with van der Waals surface area (Å²) in [6, 6.07) is 10.3. The molecule has 1 aliphatic rings. The monoisotopic (exact) mass is 284 g/mol. The van der Waals surface area contributed by atoms with E-state index in [9.17, 15) is 9.18 Å². The van der Waals surface area contributed by atoms with Gasteiger partial charge in [0.05, 0.1) is 11.3 Å². The quantitative estimate of drug-likeness (QED) is 0.882. The molecule has 0 saturated carbocycles. The third-order valence-electron chi connectivity index (χ3n) is 3.74. The van der Waals surface area contributed by atoms with Gasteiger partial charge in [0.2, 0.25) is 0 Å². The molecule has 4 heteroatoms. The first-order valence-corrected chi connectivity index (χ1v) is 7.08. The van der Waals surface area contributed by atoms with Gasteiger partial charge >= 0.3 is 0 Å². The van der Waals surface area contributed by atoms with Crippen LogP contribution in [0.1, 0.15) is 27.9 Å². The maximum Gasteiger partial charge on any atom is 0.257 e. The summed E-state index contributed by atoms with van der Waals surface area (Å²) in [6.45, 7) is 2.56. The largest absolute Gasteiger partial charge is 0.384 e. The molecule has 2 aromatic carbocycles. The highest BCUT2D eigenvalue weighted by molar-refractivity contribution is 6.08. The number of hydrogen-bond acceptors (Lipinski definition) is 2. The zero-order chi connectivity index (χ0) is 14.8. The number of rotatable bonds is 2. The normalized spacial score (nSPS) is 13.2. The second-order valence-electron chi connectivity index (χ2n) is 5.29. The summed E-state index contributed by atoms with van der Waals surface area (Å²) in [4.78, 5) is 12.4. The molecule has 1 aliphatic heterocycles. The first-order chi connectivity index (χ1) is 10.1. The van der Waals surface area contributed by atoms with Crippen molar-refractivity contribution in [2.45, 2.75) is 19.8 Å². The van der Waals surface area contributed by atoms with Crippen molar-refractivity contribution in [1.29, 1.82) is 0 Å². The van der Waals surface area contributed by atoms with Gasteiger partial charge in [0.1, 0.15) is 5.82 Å². The van der Waals surface area contributed by atoms with Crippen LogP contribution in [0.15, 0.2) is 36.4 Å². The number of carbonyl (C=O) groups is 1. The van der Waals surface area contributed by atoms with Crippen LogP contribution in [0.4, 0.5) is 15.8 Å². The van der Waals surface area contributed by atoms with Gasteiger partial charge in [0.15, 0.2) is 0 Å². The summed E-state index contributed by atoms with van der Waals surface area (Å²) >= 11 is 0. The van der Waals surface area contributed by atoms with E-state index in [1.807, 2.05) is 18.2 Å². The number of nitrogens with one attached hydrogen (secondary N) is 2. The lowest BCUT2D eigenvalue weighted by Gasteiger charge is -2.20. The lowest BCUT2D eigenvalue weighted by atomic mass is 9.99. The van der Waals surface area contributed by atoms with Crippen LogP contribution >= 0.6 is 0 Å². The molecule has 3 rings (SSSR count). The minimum Gasteiger partial charge on any atom is -0.384 e. The lowest BCUT2D eigenvalue weighted by Crippen LogP contribution is -2.19. The number of amides is 1. The molecule has 0 unspecified atom stereocenters. The summed E-state index contributed by atoms with van der Waals surface area (Å²) < 4.78 is 13.3. The predicted molar refractivity (Wildman–Crippen MR) is 82.3 cm³/mol. The van der Waals surface area contributed by atoms with Gasteiger partial charge in [-0.25, -0.2) is 4.39 Å². The van der Waals surface area contributed by atoms with Crippen LogP contribution in [0.2, 0.25) is 0 Å². The Morgan fingerprint density at radius 1 is 1.29 bits per heavy atom. The van der Waals surface area contributed by atoms with E-state index in [1.165, 1.54) is 11.6 Å². The molecule has 1 amide bonds. The fourth-order valence-electron chi connectivity index (χ4n) is 2.62. The van der Waals surface area contributed by atoms with Crippen molar-refractivity contribution in [3.63, 3.8) is 0 Å². The average Bonchev–Trinajstić information content (AvgIpc) is 2.50. The molecule has 0 bridgehead atoms. The molecule has 2 aromatic rings. The summed E-state index contributed by atoms with van der Waals surface area (Å²) in [6.07, 6.45) is 2.06. The molecule has 0 fully saturated rings. The van der Waals surface area contributed by atoms with Crippen LogP contribution in [-0.4, -0.2) is 12.5 Å². The minimum absolute atomic E-state index is 0.174. The molecule has 0 atom stereocenters. The van der Waals surface area contributed by atoms with Gasteiger partial charge in [-0.15, -0.1) is 0 Å². The molecule has 0 aliphatic carbocycles. The van der Waals surface area contributed by atoms with Gasteiger partial charge in [-0.3, -0.25) is 4.79 Å². The van der Waals surface area contributed by atoms with Crippen molar-refractivity contribution < 1.29 is 9.18 Å². The fourth-order valence-corrected chi connectivity index (χ4v) is 2.62. The van der Waals surface area contributed by atoms with E-state index in [4.69, 9.17) is 0 Å². The van der Waals surface area contributed by atoms with Crippen molar-refractivity contribution in [2.75, 3.05) is 17.2 Å². The number of halogens is 1. The van der Waals surface area contributed by atoms with Crippen LogP contribution in [0.25, 0.3) is 0 Å². The minimum atomic E-state index is -0.272. The lowest BCUT2D eigenvalue weighted by molar-refractivity contribution is 0.102. The van der Waals surface area contributed by atoms with Gasteiger partial charge in [0, 0.05) is 12.2 Å². The third-order valence-corrected chi connectivity index (χ3v) is 3.74. The third kappa shape index (κ3) is 2.75. The molecular formula is C17H17FN2O. The van der Waals surface area contributed by atoms with Gasteiger partial charge in [-0.2, -0.15) is 0 Å². The molecule has 3 nitrogen and oxygen atoms in total. The average molecular weight is 284 g/mol. The Balaban J connectivity index is 1.87. The first kappa shape index (κ1) is 13.6. The molecule has 108 valence electrons. The highest BCUT2D eigenvalue weighted by Gasteiger charge is 2.17. The van der Waals surface area contributed by atoms with Gasteiger partial charge in [-0.1, -0.05) is 12.1 Å². The zero-order valence-corrected chi connectivity index (χ0v) is 11.9. The van der Waals surface area contributed by atoms with Crippen molar-refractivity contribution >= 4 is 17.3 Å². The van der Waals surface area contributed by atoms with E-state index < -0.39 is 0 Å². The molecular weight excluding hydrogens is 267 g/mol. The Kier molecular flexibility index (Phi) is 3.60. The highest BCUT2D eigenvalue weighted by atomic mass is 19.1. The second-order valence-corrected chi connectivity index (χ2v) is 5.29. The van der Waals surface area contributed by atoms with E-state index in [1.54, 1.807) is 19.1 Å².